The lowest BCUT2D eigenvalue weighted by Gasteiger charge is -2.33. The Kier molecular flexibility index (Phi) is 5.65. The fraction of sp³-hybridized carbons (Fsp3) is 0.389. The summed E-state index contributed by atoms with van der Waals surface area (Å²) in [6, 6.07) is 7.72. The number of carbonyl (C=O) groups excluding carboxylic acids is 1. The second kappa shape index (κ2) is 8.11. The van der Waals surface area contributed by atoms with Gasteiger partial charge in [0.2, 0.25) is 11.0 Å². The van der Waals surface area contributed by atoms with Crippen molar-refractivity contribution >= 4 is 28.5 Å². The number of rotatable bonds is 5. The number of piperazine rings is 1. The van der Waals surface area contributed by atoms with Crippen molar-refractivity contribution in [1.29, 1.82) is 0 Å². The van der Waals surface area contributed by atoms with Gasteiger partial charge in [-0.1, -0.05) is 23.5 Å². The van der Waals surface area contributed by atoms with E-state index in [1.165, 1.54) is 0 Å². The Morgan fingerprint density at radius 1 is 1.20 bits per heavy atom. The van der Waals surface area contributed by atoms with Crippen LogP contribution in [0.5, 0.6) is 5.75 Å². The van der Waals surface area contributed by atoms with Gasteiger partial charge >= 0.3 is 0 Å². The Morgan fingerprint density at radius 3 is 2.52 bits per heavy atom. The van der Waals surface area contributed by atoms with Crippen LogP contribution in [-0.4, -0.2) is 53.8 Å². The predicted molar refractivity (Wildman–Crippen MR) is 100 cm³/mol. The van der Waals surface area contributed by atoms with E-state index in [0.717, 1.165) is 34.5 Å². The van der Waals surface area contributed by atoms with Crippen molar-refractivity contribution in [2.24, 2.45) is 0 Å². The largest absolute Gasteiger partial charge is 0.494 e. The molecule has 2 heterocycles. The first kappa shape index (κ1) is 17.4. The highest BCUT2D eigenvalue weighted by atomic mass is 32.1. The van der Waals surface area contributed by atoms with Crippen molar-refractivity contribution in [2.75, 3.05) is 37.7 Å². The third kappa shape index (κ3) is 4.57. The molecule has 2 aromatic rings. The molecule has 0 bridgehead atoms. The molecule has 25 heavy (non-hydrogen) atoms. The molecule has 0 radical (unpaired) electrons. The minimum Gasteiger partial charge on any atom is -0.494 e. The normalized spacial score (nSPS) is 15.0. The van der Waals surface area contributed by atoms with Crippen molar-refractivity contribution in [2.45, 2.75) is 13.8 Å². The summed E-state index contributed by atoms with van der Waals surface area (Å²) in [5.74, 6) is 0.885. The maximum Gasteiger partial charge on any atom is 0.246 e. The smallest absolute Gasteiger partial charge is 0.246 e. The number of ether oxygens (including phenoxy) is 1. The molecule has 7 heteroatoms. The lowest BCUT2D eigenvalue weighted by atomic mass is 10.2. The Morgan fingerprint density at radius 2 is 1.92 bits per heavy atom. The number of hydrogen-bond acceptors (Lipinski definition) is 6. The van der Waals surface area contributed by atoms with E-state index in [1.54, 1.807) is 17.4 Å². The van der Waals surface area contributed by atoms with Crippen LogP contribution in [0.4, 0.5) is 5.13 Å². The van der Waals surface area contributed by atoms with Gasteiger partial charge in [-0.2, -0.15) is 0 Å². The zero-order valence-corrected chi connectivity index (χ0v) is 15.3. The number of benzene rings is 1. The number of carbonyl (C=O) groups is 1. The van der Waals surface area contributed by atoms with Crippen LogP contribution in [0.25, 0.3) is 6.08 Å². The third-order valence-electron chi connectivity index (χ3n) is 3.99. The Labute approximate surface area is 151 Å². The number of hydrogen-bond donors (Lipinski definition) is 0. The summed E-state index contributed by atoms with van der Waals surface area (Å²) < 4.78 is 5.42. The molecule has 1 saturated heterocycles. The minimum absolute atomic E-state index is 0.0435. The summed E-state index contributed by atoms with van der Waals surface area (Å²) in [6.07, 6.45) is 3.49. The number of amides is 1. The molecule has 0 unspecified atom stereocenters. The maximum absolute atomic E-state index is 12.4. The molecule has 132 valence electrons. The van der Waals surface area contributed by atoms with Crippen LogP contribution in [0.3, 0.4) is 0 Å². The van der Waals surface area contributed by atoms with E-state index in [9.17, 15) is 4.79 Å². The van der Waals surface area contributed by atoms with Crippen molar-refractivity contribution in [3.8, 4) is 5.75 Å². The molecule has 1 aliphatic rings. The monoisotopic (exact) mass is 358 g/mol. The summed E-state index contributed by atoms with van der Waals surface area (Å²) >= 11 is 1.59. The molecular formula is C18H22N4O2S. The third-order valence-corrected chi connectivity index (χ3v) is 4.89. The van der Waals surface area contributed by atoms with Gasteiger partial charge in [-0.3, -0.25) is 4.79 Å². The lowest BCUT2D eigenvalue weighted by molar-refractivity contribution is -0.126. The topological polar surface area (TPSA) is 58.6 Å². The number of aromatic nitrogens is 2. The van der Waals surface area contributed by atoms with Gasteiger partial charge in [0.15, 0.2) is 0 Å². The Balaban J connectivity index is 1.52. The SMILES string of the molecule is CCOc1ccc(/C=C/C(=O)N2CCN(c3nnc(C)s3)CC2)cc1. The molecule has 1 aromatic carbocycles. The minimum atomic E-state index is 0.0435. The van der Waals surface area contributed by atoms with Crippen LogP contribution in [-0.2, 0) is 4.79 Å². The summed E-state index contributed by atoms with van der Waals surface area (Å²) in [5.41, 5.74) is 0.986. The molecule has 0 N–H and O–H groups in total. The second-order valence-corrected chi connectivity index (χ2v) is 6.91. The first-order chi connectivity index (χ1) is 12.2. The fourth-order valence-electron chi connectivity index (χ4n) is 2.65. The zero-order chi connectivity index (χ0) is 17.6. The van der Waals surface area contributed by atoms with E-state index >= 15 is 0 Å². The van der Waals surface area contributed by atoms with Crippen molar-refractivity contribution < 1.29 is 9.53 Å². The van der Waals surface area contributed by atoms with Gasteiger partial charge in [0.25, 0.3) is 0 Å². The molecular weight excluding hydrogens is 336 g/mol. The van der Waals surface area contributed by atoms with Gasteiger partial charge in [0.05, 0.1) is 6.61 Å². The highest BCUT2D eigenvalue weighted by Gasteiger charge is 2.21. The van der Waals surface area contributed by atoms with E-state index in [0.29, 0.717) is 19.7 Å². The Bertz CT molecular complexity index is 734. The van der Waals surface area contributed by atoms with Gasteiger partial charge in [0.1, 0.15) is 10.8 Å². The summed E-state index contributed by atoms with van der Waals surface area (Å²) in [4.78, 5) is 16.4. The standard InChI is InChI=1S/C18H22N4O2S/c1-3-24-16-7-4-15(5-8-16)6-9-17(23)21-10-12-22(13-11-21)18-20-19-14(2)25-18/h4-9H,3,10-13H2,1-2H3/b9-6+. The molecule has 0 spiro atoms. The van der Waals surface area contributed by atoms with Crippen LogP contribution in [0, 0.1) is 6.92 Å². The van der Waals surface area contributed by atoms with E-state index in [-0.39, 0.29) is 5.91 Å². The first-order valence-corrected chi connectivity index (χ1v) is 9.22. The van der Waals surface area contributed by atoms with Gasteiger partial charge in [-0.05, 0) is 37.6 Å². The van der Waals surface area contributed by atoms with Crippen molar-refractivity contribution in [3.63, 3.8) is 0 Å². The van der Waals surface area contributed by atoms with Gasteiger partial charge in [-0.15, -0.1) is 10.2 Å². The molecule has 1 aliphatic heterocycles. The van der Waals surface area contributed by atoms with Crippen LogP contribution in [0.15, 0.2) is 30.3 Å². The van der Waals surface area contributed by atoms with Crippen LogP contribution in [0.1, 0.15) is 17.5 Å². The van der Waals surface area contributed by atoms with E-state index < -0.39 is 0 Å². The average molecular weight is 358 g/mol. The molecule has 0 saturated carbocycles. The van der Waals surface area contributed by atoms with Gasteiger partial charge in [0, 0.05) is 32.3 Å². The summed E-state index contributed by atoms with van der Waals surface area (Å²) in [5, 5.41) is 10.1. The highest BCUT2D eigenvalue weighted by molar-refractivity contribution is 7.15. The second-order valence-electron chi connectivity index (χ2n) is 5.75. The fourth-order valence-corrected chi connectivity index (χ4v) is 3.39. The van der Waals surface area contributed by atoms with E-state index in [4.69, 9.17) is 4.74 Å². The predicted octanol–water partition coefficient (Wildman–Crippen LogP) is 2.61. The van der Waals surface area contributed by atoms with Crippen molar-refractivity contribution in [1.82, 2.24) is 15.1 Å². The van der Waals surface area contributed by atoms with Crippen LogP contribution in [0.2, 0.25) is 0 Å². The average Bonchev–Trinajstić information content (AvgIpc) is 3.08. The molecule has 0 aliphatic carbocycles. The number of anilines is 1. The molecule has 0 atom stereocenters. The first-order valence-electron chi connectivity index (χ1n) is 8.40. The molecule has 6 nitrogen and oxygen atoms in total. The molecule has 1 amide bonds. The van der Waals surface area contributed by atoms with Gasteiger partial charge < -0.3 is 14.5 Å². The van der Waals surface area contributed by atoms with Gasteiger partial charge in [-0.25, -0.2) is 0 Å². The van der Waals surface area contributed by atoms with Crippen molar-refractivity contribution in [3.05, 3.63) is 40.9 Å². The molecule has 1 fully saturated rings. The van der Waals surface area contributed by atoms with E-state index in [1.807, 2.05) is 49.1 Å². The number of nitrogens with zero attached hydrogens (tertiary/aromatic N) is 4. The quantitative estimate of drug-likeness (QED) is 0.769. The summed E-state index contributed by atoms with van der Waals surface area (Å²) in [6.45, 7) is 7.53. The molecule has 1 aromatic heterocycles. The summed E-state index contributed by atoms with van der Waals surface area (Å²) in [7, 11) is 0. The lowest BCUT2D eigenvalue weighted by Crippen LogP contribution is -2.48. The Hall–Kier alpha value is -2.41. The van der Waals surface area contributed by atoms with Crippen LogP contribution >= 0.6 is 11.3 Å². The molecule has 3 rings (SSSR count). The van der Waals surface area contributed by atoms with E-state index in [2.05, 4.69) is 15.1 Å². The zero-order valence-electron chi connectivity index (χ0n) is 14.5. The maximum atomic E-state index is 12.4. The van der Waals surface area contributed by atoms with Crippen LogP contribution < -0.4 is 9.64 Å². The highest BCUT2D eigenvalue weighted by Crippen LogP contribution is 2.21. The number of aryl methyl sites for hydroxylation is 1.